The average Bonchev–Trinajstić information content (AvgIpc) is 2.38. The summed E-state index contributed by atoms with van der Waals surface area (Å²) in [5.41, 5.74) is 3.11. The highest BCUT2D eigenvalue weighted by Crippen LogP contribution is 2.33. The largest absolute Gasteiger partial charge is 0.371 e. The smallest absolute Gasteiger partial charge is 0.0404 e. The molecule has 1 aliphatic heterocycles. The van der Waals surface area contributed by atoms with Gasteiger partial charge in [0.1, 0.15) is 0 Å². The van der Waals surface area contributed by atoms with Crippen molar-refractivity contribution in [2.45, 2.75) is 45.1 Å². The van der Waals surface area contributed by atoms with E-state index in [1.165, 1.54) is 37.2 Å². The summed E-state index contributed by atoms with van der Waals surface area (Å²) in [6, 6.07) is 9.57. The molecule has 1 aromatic rings. The van der Waals surface area contributed by atoms with Gasteiger partial charge in [0.2, 0.25) is 0 Å². The molecule has 0 unspecified atom stereocenters. The minimum Gasteiger partial charge on any atom is -0.371 e. The van der Waals surface area contributed by atoms with Crippen molar-refractivity contribution in [3.05, 3.63) is 29.8 Å². The van der Waals surface area contributed by atoms with E-state index < -0.39 is 0 Å². The van der Waals surface area contributed by atoms with Crippen molar-refractivity contribution in [3.8, 4) is 0 Å². The van der Waals surface area contributed by atoms with Gasteiger partial charge in [0, 0.05) is 24.8 Å². The lowest BCUT2D eigenvalue weighted by Crippen LogP contribution is -2.41. The number of nitrogens with one attached hydrogen (secondary N) is 1. The molecule has 1 fully saturated rings. The molecular formula is C16H26N2. The lowest BCUT2D eigenvalue weighted by molar-refractivity contribution is 0.440. The Labute approximate surface area is 111 Å². The van der Waals surface area contributed by atoms with Gasteiger partial charge in [0.05, 0.1) is 0 Å². The molecule has 0 amide bonds. The molecule has 1 aromatic carbocycles. The molecule has 0 atom stereocenters. The summed E-state index contributed by atoms with van der Waals surface area (Å²) >= 11 is 0. The number of rotatable bonds is 2. The Hall–Kier alpha value is -1.02. The quantitative estimate of drug-likeness (QED) is 0.862. The third-order valence-corrected chi connectivity index (χ3v) is 3.96. The van der Waals surface area contributed by atoms with E-state index in [-0.39, 0.29) is 5.41 Å². The van der Waals surface area contributed by atoms with Crippen LogP contribution in [0.25, 0.3) is 0 Å². The van der Waals surface area contributed by atoms with Crippen LogP contribution in [0.4, 0.5) is 5.69 Å². The van der Waals surface area contributed by atoms with Gasteiger partial charge >= 0.3 is 0 Å². The van der Waals surface area contributed by atoms with Crippen LogP contribution in [0, 0.1) is 0 Å². The Morgan fingerprint density at radius 1 is 1.11 bits per heavy atom. The Morgan fingerprint density at radius 2 is 1.72 bits per heavy atom. The second-order valence-corrected chi connectivity index (χ2v) is 6.32. The summed E-state index contributed by atoms with van der Waals surface area (Å²) < 4.78 is 0. The Kier molecular flexibility index (Phi) is 3.96. The molecule has 0 bridgehead atoms. The molecule has 1 N–H and O–H groups in total. The Balaban J connectivity index is 2.19. The molecular weight excluding hydrogens is 220 g/mol. The molecule has 0 spiro atoms. The zero-order chi connectivity index (χ0) is 13.2. The maximum absolute atomic E-state index is 3.39. The second kappa shape index (κ2) is 5.31. The normalized spacial score (nSPS) is 18.1. The van der Waals surface area contributed by atoms with Crippen LogP contribution in [0.2, 0.25) is 0 Å². The van der Waals surface area contributed by atoms with Crippen molar-refractivity contribution in [2.24, 2.45) is 0 Å². The van der Waals surface area contributed by atoms with Crippen LogP contribution in [-0.2, 0) is 5.41 Å². The number of para-hydroxylation sites is 1. The fourth-order valence-electron chi connectivity index (χ4n) is 2.79. The molecule has 100 valence electrons. The van der Waals surface area contributed by atoms with E-state index in [9.17, 15) is 0 Å². The second-order valence-electron chi connectivity index (χ2n) is 6.32. The highest BCUT2D eigenvalue weighted by molar-refractivity contribution is 5.56. The minimum atomic E-state index is 0.219. The number of anilines is 1. The molecule has 0 aromatic heterocycles. The molecule has 0 saturated carbocycles. The number of nitrogens with zero attached hydrogens (tertiary/aromatic N) is 1. The van der Waals surface area contributed by atoms with Crippen LogP contribution in [0.15, 0.2) is 24.3 Å². The van der Waals surface area contributed by atoms with Crippen LogP contribution in [0.5, 0.6) is 0 Å². The molecule has 18 heavy (non-hydrogen) atoms. The van der Waals surface area contributed by atoms with Crippen LogP contribution < -0.4 is 10.2 Å². The molecule has 1 saturated heterocycles. The zero-order valence-corrected chi connectivity index (χ0v) is 12.2. The summed E-state index contributed by atoms with van der Waals surface area (Å²) in [5, 5.41) is 3.39. The Bertz CT molecular complexity index is 384. The van der Waals surface area contributed by atoms with Gasteiger partial charge in [-0.15, -0.1) is 0 Å². The van der Waals surface area contributed by atoms with Gasteiger partial charge in [-0.25, -0.2) is 0 Å². The fraction of sp³-hybridized carbons (Fsp3) is 0.625. The highest BCUT2D eigenvalue weighted by atomic mass is 15.1. The van der Waals surface area contributed by atoms with Gasteiger partial charge in [-0.3, -0.25) is 0 Å². The van der Waals surface area contributed by atoms with E-state index in [0.29, 0.717) is 6.04 Å². The van der Waals surface area contributed by atoms with Crippen molar-refractivity contribution in [1.29, 1.82) is 0 Å². The highest BCUT2D eigenvalue weighted by Gasteiger charge is 2.23. The number of benzene rings is 1. The third kappa shape index (κ3) is 2.86. The molecule has 2 rings (SSSR count). The maximum atomic E-state index is 3.39. The van der Waals surface area contributed by atoms with Crippen LogP contribution in [-0.4, -0.2) is 26.2 Å². The first kappa shape index (κ1) is 13.4. The van der Waals surface area contributed by atoms with E-state index in [4.69, 9.17) is 0 Å². The van der Waals surface area contributed by atoms with Crippen molar-refractivity contribution in [1.82, 2.24) is 5.32 Å². The number of hydrogen-bond donors (Lipinski definition) is 1. The summed E-state index contributed by atoms with van der Waals surface area (Å²) in [7, 11) is 2.07. The SMILES string of the molecule is CNC1CCN(c2ccccc2C(C)(C)C)CC1. The summed E-state index contributed by atoms with van der Waals surface area (Å²) in [6.45, 7) is 9.22. The first-order chi connectivity index (χ1) is 8.52. The van der Waals surface area contributed by atoms with E-state index >= 15 is 0 Å². The van der Waals surface area contributed by atoms with Crippen molar-refractivity contribution in [3.63, 3.8) is 0 Å². The Morgan fingerprint density at radius 3 is 2.28 bits per heavy atom. The van der Waals surface area contributed by atoms with E-state index in [1.807, 2.05) is 0 Å². The van der Waals surface area contributed by atoms with Gasteiger partial charge in [-0.05, 0) is 36.9 Å². The van der Waals surface area contributed by atoms with Crippen LogP contribution in [0.1, 0.15) is 39.2 Å². The minimum absolute atomic E-state index is 0.219. The summed E-state index contributed by atoms with van der Waals surface area (Å²) in [5.74, 6) is 0. The molecule has 2 heteroatoms. The van der Waals surface area contributed by atoms with Gasteiger partial charge in [-0.1, -0.05) is 39.0 Å². The van der Waals surface area contributed by atoms with Crippen molar-refractivity contribution < 1.29 is 0 Å². The predicted molar refractivity (Wildman–Crippen MR) is 79.4 cm³/mol. The van der Waals surface area contributed by atoms with Gasteiger partial charge in [0.25, 0.3) is 0 Å². The lowest BCUT2D eigenvalue weighted by Gasteiger charge is -2.36. The zero-order valence-electron chi connectivity index (χ0n) is 12.2. The van der Waals surface area contributed by atoms with Crippen molar-refractivity contribution >= 4 is 5.69 Å². The lowest BCUT2D eigenvalue weighted by atomic mass is 9.85. The van der Waals surface area contributed by atoms with Gasteiger partial charge < -0.3 is 10.2 Å². The third-order valence-electron chi connectivity index (χ3n) is 3.96. The summed E-state index contributed by atoms with van der Waals surface area (Å²) in [4.78, 5) is 2.55. The number of hydrogen-bond acceptors (Lipinski definition) is 2. The average molecular weight is 246 g/mol. The maximum Gasteiger partial charge on any atom is 0.0404 e. The van der Waals surface area contributed by atoms with Crippen molar-refractivity contribution in [2.75, 3.05) is 25.0 Å². The van der Waals surface area contributed by atoms with Crippen LogP contribution >= 0.6 is 0 Å². The molecule has 2 nitrogen and oxygen atoms in total. The number of piperidine rings is 1. The van der Waals surface area contributed by atoms with Gasteiger partial charge in [0.15, 0.2) is 0 Å². The van der Waals surface area contributed by atoms with E-state index in [1.54, 1.807) is 0 Å². The monoisotopic (exact) mass is 246 g/mol. The van der Waals surface area contributed by atoms with E-state index in [2.05, 4.69) is 62.3 Å². The van der Waals surface area contributed by atoms with Gasteiger partial charge in [-0.2, -0.15) is 0 Å². The van der Waals surface area contributed by atoms with Crippen LogP contribution in [0.3, 0.4) is 0 Å². The van der Waals surface area contributed by atoms with E-state index in [0.717, 1.165) is 0 Å². The molecule has 0 radical (unpaired) electrons. The first-order valence-corrected chi connectivity index (χ1v) is 7.04. The molecule has 0 aliphatic carbocycles. The fourth-order valence-corrected chi connectivity index (χ4v) is 2.79. The summed E-state index contributed by atoms with van der Waals surface area (Å²) in [6.07, 6.45) is 2.49. The predicted octanol–water partition coefficient (Wildman–Crippen LogP) is 3.17. The topological polar surface area (TPSA) is 15.3 Å². The molecule has 1 aliphatic rings. The molecule has 1 heterocycles. The standard InChI is InChI=1S/C16H26N2/c1-16(2,3)14-7-5-6-8-15(14)18-11-9-13(17-4)10-12-18/h5-8,13,17H,9-12H2,1-4H3. The first-order valence-electron chi connectivity index (χ1n) is 7.04.